The zero-order valence-corrected chi connectivity index (χ0v) is 12.0. The van der Waals surface area contributed by atoms with E-state index in [9.17, 15) is 10.1 Å². The number of nitro groups is 1. The molecule has 9 heteroatoms. The maximum Gasteiger partial charge on any atom is 0.270 e. The molecule has 0 spiro atoms. The maximum atomic E-state index is 10.8. The highest BCUT2D eigenvalue weighted by Gasteiger charge is 2.15. The monoisotopic (exact) mass is 324 g/mol. The fourth-order valence-corrected chi connectivity index (χ4v) is 2.50. The lowest BCUT2D eigenvalue weighted by molar-refractivity contribution is -0.384. The highest BCUT2D eigenvalue weighted by molar-refractivity contribution is 7.99. The van der Waals surface area contributed by atoms with Crippen molar-refractivity contribution in [3.8, 4) is 0 Å². The van der Waals surface area contributed by atoms with Gasteiger partial charge in [0.25, 0.3) is 5.69 Å². The number of amidine groups is 1. The van der Waals surface area contributed by atoms with Gasteiger partial charge in [0, 0.05) is 28.8 Å². The predicted octanol–water partition coefficient (Wildman–Crippen LogP) is 2.89. The smallest absolute Gasteiger partial charge is 0.270 e. The lowest BCUT2D eigenvalue weighted by Crippen LogP contribution is -2.14. The Morgan fingerprint density at radius 1 is 1.43 bits per heavy atom. The molecule has 1 heterocycles. The van der Waals surface area contributed by atoms with Gasteiger partial charge in [0.2, 0.25) is 0 Å². The molecule has 0 unspecified atom stereocenters. The number of nitrogens with zero attached hydrogens (tertiary/aromatic N) is 3. The van der Waals surface area contributed by atoms with Crippen molar-refractivity contribution in [3.63, 3.8) is 0 Å². The average Bonchev–Trinajstić information content (AvgIpc) is 2.49. The summed E-state index contributed by atoms with van der Waals surface area (Å²) in [5.74, 6) is -0.213. The molecule has 0 atom stereocenters. The quantitative estimate of drug-likeness (QED) is 0.294. The Morgan fingerprint density at radius 3 is 2.76 bits per heavy atom. The maximum absolute atomic E-state index is 10.8. The molecule has 0 saturated heterocycles. The second-order valence-electron chi connectivity index (χ2n) is 3.84. The van der Waals surface area contributed by atoms with Crippen molar-refractivity contribution in [2.75, 3.05) is 0 Å². The van der Waals surface area contributed by atoms with E-state index in [-0.39, 0.29) is 17.1 Å². The summed E-state index contributed by atoms with van der Waals surface area (Å²) in [6, 6.07) is 7.47. The van der Waals surface area contributed by atoms with Gasteiger partial charge >= 0.3 is 0 Å². The summed E-state index contributed by atoms with van der Waals surface area (Å²) in [6.07, 6.45) is 1.48. The minimum Gasteiger partial charge on any atom is -0.409 e. The molecule has 2 aromatic rings. The fraction of sp³-hybridized carbons (Fsp3) is 0. The molecule has 21 heavy (non-hydrogen) atoms. The van der Waals surface area contributed by atoms with E-state index in [1.165, 1.54) is 36.2 Å². The van der Waals surface area contributed by atoms with Gasteiger partial charge in [-0.15, -0.1) is 0 Å². The third kappa shape index (κ3) is 3.61. The second-order valence-corrected chi connectivity index (χ2v) is 5.34. The van der Waals surface area contributed by atoms with E-state index in [4.69, 9.17) is 22.5 Å². The van der Waals surface area contributed by atoms with Crippen molar-refractivity contribution >= 4 is 34.9 Å². The number of nitro benzene ring substituents is 1. The number of non-ortho nitro benzene ring substituents is 1. The third-order valence-corrected chi connectivity index (χ3v) is 3.72. The molecular formula is C12H9ClN4O3S. The van der Waals surface area contributed by atoms with Crippen LogP contribution in [0.2, 0.25) is 5.02 Å². The van der Waals surface area contributed by atoms with Crippen molar-refractivity contribution in [2.45, 2.75) is 9.92 Å². The number of halogens is 1. The molecule has 7 nitrogen and oxygen atoms in total. The Morgan fingerprint density at radius 2 is 2.19 bits per heavy atom. The molecule has 1 aromatic carbocycles. The number of oxime groups is 1. The molecule has 0 aliphatic rings. The standard InChI is InChI=1S/C12H9ClN4O3S/c13-7-1-4-11(15-6-7)21-10-3-2-8(17(19)20)5-9(10)12(14)16-18/h1-6,18H,(H2,14,16). The van der Waals surface area contributed by atoms with Gasteiger partial charge in [-0.1, -0.05) is 28.5 Å². The number of hydrogen-bond acceptors (Lipinski definition) is 6. The lowest BCUT2D eigenvalue weighted by atomic mass is 10.2. The van der Waals surface area contributed by atoms with Gasteiger partial charge in [-0.25, -0.2) is 4.98 Å². The normalized spacial score (nSPS) is 11.4. The second kappa shape index (κ2) is 6.42. The van der Waals surface area contributed by atoms with Crippen LogP contribution < -0.4 is 5.73 Å². The average molecular weight is 325 g/mol. The summed E-state index contributed by atoms with van der Waals surface area (Å²) < 4.78 is 0. The van der Waals surface area contributed by atoms with Gasteiger partial charge in [0.15, 0.2) is 5.84 Å². The molecule has 108 valence electrons. The van der Waals surface area contributed by atoms with Gasteiger partial charge in [0.05, 0.1) is 9.95 Å². The number of nitrogens with two attached hydrogens (primary N) is 1. The molecule has 0 saturated carbocycles. The van der Waals surface area contributed by atoms with Gasteiger partial charge in [-0.05, 0) is 18.2 Å². The number of pyridine rings is 1. The molecular weight excluding hydrogens is 316 g/mol. The van der Waals surface area contributed by atoms with Crippen molar-refractivity contribution in [1.29, 1.82) is 0 Å². The fourth-order valence-electron chi connectivity index (χ4n) is 1.51. The molecule has 0 radical (unpaired) electrons. The lowest BCUT2D eigenvalue weighted by Gasteiger charge is -2.07. The number of aromatic nitrogens is 1. The summed E-state index contributed by atoms with van der Waals surface area (Å²) in [6.45, 7) is 0. The first kappa shape index (κ1) is 15.1. The number of hydrogen-bond donors (Lipinski definition) is 2. The minimum absolute atomic E-state index is 0.148. The topological polar surface area (TPSA) is 115 Å². The van der Waals surface area contributed by atoms with Crippen LogP contribution in [-0.2, 0) is 0 Å². The summed E-state index contributed by atoms with van der Waals surface area (Å²) in [5.41, 5.74) is 5.67. The largest absolute Gasteiger partial charge is 0.409 e. The van der Waals surface area contributed by atoms with E-state index < -0.39 is 4.92 Å². The summed E-state index contributed by atoms with van der Waals surface area (Å²) >= 11 is 6.98. The van der Waals surface area contributed by atoms with Gasteiger partial charge < -0.3 is 10.9 Å². The van der Waals surface area contributed by atoms with Crippen molar-refractivity contribution in [1.82, 2.24) is 4.98 Å². The SMILES string of the molecule is NC(=NO)c1cc([N+](=O)[O-])ccc1Sc1ccc(Cl)cn1. The first-order chi connectivity index (χ1) is 10.0. The van der Waals surface area contributed by atoms with E-state index in [0.29, 0.717) is 14.9 Å². The van der Waals surface area contributed by atoms with Crippen LogP contribution in [0.5, 0.6) is 0 Å². The minimum atomic E-state index is -0.552. The molecule has 1 aromatic heterocycles. The van der Waals surface area contributed by atoms with Crippen LogP contribution >= 0.6 is 23.4 Å². The van der Waals surface area contributed by atoms with Crippen molar-refractivity contribution in [2.24, 2.45) is 10.9 Å². The van der Waals surface area contributed by atoms with Crippen LogP contribution in [0.1, 0.15) is 5.56 Å². The zero-order chi connectivity index (χ0) is 15.4. The van der Waals surface area contributed by atoms with Crippen LogP contribution in [0.15, 0.2) is 51.6 Å². The third-order valence-electron chi connectivity index (χ3n) is 2.47. The molecule has 3 N–H and O–H groups in total. The first-order valence-corrected chi connectivity index (χ1v) is 6.76. The molecule has 0 aliphatic carbocycles. The van der Waals surface area contributed by atoms with Crippen LogP contribution in [0.4, 0.5) is 5.69 Å². The summed E-state index contributed by atoms with van der Waals surface area (Å²) in [4.78, 5) is 14.9. The Balaban J connectivity index is 2.42. The highest BCUT2D eigenvalue weighted by Crippen LogP contribution is 2.31. The van der Waals surface area contributed by atoms with Gasteiger partial charge in [-0.3, -0.25) is 10.1 Å². The Hall–Kier alpha value is -2.32. The van der Waals surface area contributed by atoms with Crippen LogP contribution in [0, 0.1) is 10.1 Å². The van der Waals surface area contributed by atoms with Crippen molar-refractivity contribution < 1.29 is 10.1 Å². The summed E-state index contributed by atoms with van der Waals surface area (Å²) in [7, 11) is 0. The van der Waals surface area contributed by atoms with E-state index in [1.54, 1.807) is 12.1 Å². The van der Waals surface area contributed by atoms with Crippen LogP contribution in [0.25, 0.3) is 0 Å². The Bertz CT molecular complexity index is 706. The van der Waals surface area contributed by atoms with E-state index in [2.05, 4.69) is 10.1 Å². The van der Waals surface area contributed by atoms with Gasteiger partial charge in [0.1, 0.15) is 5.03 Å². The highest BCUT2D eigenvalue weighted by atomic mass is 35.5. The number of rotatable bonds is 4. The first-order valence-electron chi connectivity index (χ1n) is 5.57. The number of benzene rings is 1. The molecule has 0 fully saturated rings. The Kier molecular flexibility index (Phi) is 4.61. The zero-order valence-electron chi connectivity index (χ0n) is 10.4. The molecule has 0 aliphatic heterocycles. The van der Waals surface area contributed by atoms with Gasteiger partial charge in [-0.2, -0.15) is 0 Å². The van der Waals surface area contributed by atoms with E-state index >= 15 is 0 Å². The van der Waals surface area contributed by atoms with Crippen LogP contribution in [-0.4, -0.2) is 21.0 Å². The van der Waals surface area contributed by atoms with E-state index in [1.807, 2.05) is 0 Å². The summed E-state index contributed by atoms with van der Waals surface area (Å²) in [5, 5.41) is 23.6. The predicted molar refractivity (Wildman–Crippen MR) is 79.0 cm³/mol. The molecule has 0 bridgehead atoms. The molecule has 2 rings (SSSR count). The van der Waals surface area contributed by atoms with Crippen LogP contribution in [0.3, 0.4) is 0 Å². The Labute approximate surface area is 128 Å². The van der Waals surface area contributed by atoms with Crippen molar-refractivity contribution in [3.05, 3.63) is 57.2 Å². The van der Waals surface area contributed by atoms with E-state index in [0.717, 1.165) is 0 Å². The molecule has 0 amide bonds.